The number of aryl methyl sites for hydroxylation is 1. The quantitative estimate of drug-likeness (QED) is 0.892. The summed E-state index contributed by atoms with van der Waals surface area (Å²) in [6, 6.07) is 4.90. The predicted octanol–water partition coefficient (Wildman–Crippen LogP) is 3.01. The Morgan fingerprint density at radius 3 is 2.89 bits per heavy atom. The molecule has 0 saturated carbocycles. The molecule has 1 fully saturated rings. The van der Waals surface area contributed by atoms with Gasteiger partial charge in [0.05, 0.1) is 0 Å². The van der Waals surface area contributed by atoms with Gasteiger partial charge in [0.2, 0.25) is 0 Å². The number of rotatable bonds is 3. The minimum atomic E-state index is 0.598. The predicted molar refractivity (Wildman–Crippen MR) is 76.8 cm³/mol. The molecule has 1 atom stereocenters. The van der Waals surface area contributed by atoms with E-state index in [-0.39, 0.29) is 0 Å². The van der Waals surface area contributed by atoms with Crippen LogP contribution in [-0.2, 0) is 6.54 Å². The van der Waals surface area contributed by atoms with E-state index in [1.54, 1.807) is 0 Å². The lowest BCUT2D eigenvalue weighted by Crippen LogP contribution is -2.35. The van der Waals surface area contributed by atoms with Crippen LogP contribution in [0.5, 0.6) is 0 Å². The van der Waals surface area contributed by atoms with Gasteiger partial charge in [0, 0.05) is 24.8 Å². The first-order chi connectivity index (χ1) is 8.74. The molecule has 0 amide bonds. The maximum absolute atomic E-state index is 5.77. The standard InChI is InChI=1S/C15H25N3/c1-3-14-7-5-4-6-8-18(14)15-10-13(11-16)9-12(2)17-15/h9-10,14H,3-8,11,16H2,1-2H3. The first-order valence-electron chi connectivity index (χ1n) is 7.19. The summed E-state index contributed by atoms with van der Waals surface area (Å²) in [7, 11) is 0. The molecule has 0 bridgehead atoms. The zero-order valence-corrected chi connectivity index (χ0v) is 11.7. The van der Waals surface area contributed by atoms with Crippen molar-refractivity contribution in [1.82, 2.24) is 4.98 Å². The Morgan fingerprint density at radius 1 is 1.33 bits per heavy atom. The van der Waals surface area contributed by atoms with Crippen LogP contribution in [0.15, 0.2) is 12.1 Å². The van der Waals surface area contributed by atoms with Crippen LogP contribution in [0.3, 0.4) is 0 Å². The van der Waals surface area contributed by atoms with Gasteiger partial charge in [-0.05, 0) is 43.9 Å². The van der Waals surface area contributed by atoms with Gasteiger partial charge in [0.15, 0.2) is 0 Å². The van der Waals surface area contributed by atoms with Crippen LogP contribution in [0.4, 0.5) is 5.82 Å². The molecule has 1 aliphatic rings. The summed E-state index contributed by atoms with van der Waals surface area (Å²) in [5.41, 5.74) is 8.04. The number of nitrogens with two attached hydrogens (primary N) is 1. The second kappa shape index (κ2) is 6.19. The van der Waals surface area contributed by atoms with Gasteiger partial charge in [-0.2, -0.15) is 0 Å². The van der Waals surface area contributed by atoms with E-state index in [4.69, 9.17) is 10.7 Å². The molecule has 0 aromatic carbocycles. The summed E-state index contributed by atoms with van der Waals surface area (Å²) in [4.78, 5) is 7.21. The number of aromatic nitrogens is 1. The van der Waals surface area contributed by atoms with Crippen LogP contribution in [0.1, 0.15) is 50.3 Å². The summed E-state index contributed by atoms with van der Waals surface area (Å²) in [5.74, 6) is 1.13. The van der Waals surface area contributed by atoms with Crippen molar-refractivity contribution in [3.8, 4) is 0 Å². The van der Waals surface area contributed by atoms with Crippen molar-refractivity contribution in [3.05, 3.63) is 23.4 Å². The van der Waals surface area contributed by atoms with Crippen molar-refractivity contribution in [1.29, 1.82) is 0 Å². The van der Waals surface area contributed by atoms with E-state index >= 15 is 0 Å². The van der Waals surface area contributed by atoms with Gasteiger partial charge in [-0.15, -0.1) is 0 Å². The highest BCUT2D eigenvalue weighted by Crippen LogP contribution is 2.25. The minimum Gasteiger partial charge on any atom is -0.354 e. The number of anilines is 1. The Bertz CT molecular complexity index is 389. The molecule has 0 radical (unpaired) electrons. The maximum Gasteiger partial charge on any atom is 0.129 e. The lowest BCUT2D eigenvalue weighted by molar-refractivity contribution is 0.551. The molecular formula is C15H25N3. The van der Waals surface area contributed by atoms with Gasteiger partial charge in [0.1, 0.15) is 5.82 Å². The third-order valence-corrected chi connectivity index (χ3v) is 3.88. The zero-order chi connectivity index (χ0) is 13.0. The second-order valence-electron chi connectivity index (χ2n) is 5.28. The van der Waals surface area contributed by atoms with Gasteiger partial charge < -0.3 is 10.6 Å². The van der Waals surface area contributed by atoms with E-state index < -0.39 is 0 Å². The Kier molecular flexibility index (Phi) is 4.59. The molecule has 100 valence electrons. The highest BCUT2D eigenvalue weighted by atomic mass is 15.2. The average molecular weight is 247 g/mol. The fraction of sp³-hybridized carbons (Fsp3) is 0.667. The zero-order valence-electron chi connectivity index (χ0n) is 11.7. The molecular weight excluding hydrogens is 222 g/mol. The van der Waals surface area contributed by atoms with Crippen LogP contribution < -0.4 is 10.6 Å². The van der Waals surface area contributed by atoms with Crippen LogP contribution in [0, 0.1) is 6.92 Å². The van der Waals surface area contributed by atoms with E-state index in [2.05, 4.69) is 30.9 Å². The number of hydrogen-bond acceptors (Lipinski definition) is 3. The molecule has 18 heavy (non-hydrogen) atoms. The second-order valence-corrected chi connectivity index (χ2v) is 5.28. The molecule has 3 nitrogen and oxygen atoms in total. The molecule has 0 aliphatic carbocycles. The molecule has 1 saturated heterocycles. The fourth-order valence-electron chi connectivity index (χ4n) is 2.89. The van der Waals surface area contributed by atoms with Crippen molar-refractivity contribution < 1.29 is 0 Å². The Hall–Kier alpha value is -1.09. The van der Waals surface area contributed by atoms with Gasteiger partial charge in [-0.3, -0.25) is 0 Å². The highest BCUT2D eigenvalue weighted by molar-refractivity contribution is 5.44. The van der Waals surface area contributed by atoms with E-state index in [1.807, 2.05) is 0 Å². The van der Waals surface area contributed by atoms with Crippen LogP contribution in [0.2, 0.25) is 0 Å². The molecule has 2 rings (SSSR count). The van der Waals surface area contributed by atoms with Gasteiger partial charge in [-0.25, -0.2) is 4.98 Å². The number of pyridine rings is 1. The van der Waals surface area contributed by atoms with Gasteiger partial charge in [-0.1, -0.05) is 19.8 Å². The van der Waals surface area contributed by atoms with Crippen LogP contribution >= 0.6 is 0 Å². The SMILES string of the molecule is CCC1CCCCCN1c1cc(CN)cc(C)n1. The largest absolute Gasteiger partial charge is 0.354 e. The van der Waals surface area contributed by atoms with Crippen LogP contribution in [-0.4, -0.2) is 17.6 Å². The Labute approximate surface area is 110 Å². The first kappa shape index (κ1) is 13.3. The third-order valence-electron chi connectivity index (χ3n) is 3.88. The topological polar surface area (TPSA) is 42.1 Å². The normalized spacial score (nSPS) is 20.8. The summed E-state index contributed by atoms with van der Waals surface area (Å²) in [6.45, 7) is 6.07. The third kappa shape index (κ3) is 3.02. The average Bonchev–Trinajstić information content (AvgIpc) is 2.62. The summed E-state index contributed by atoms with van der Waals surface area (Å²) >= 11 is 0. The van der Waals surface area contributed by atoms with Crippen LogP contribution in [0.25, 0.3) is 0 Å². The van der Waals surface area contributed by atoms with E-state index in [9.17, 15) is 0 Å². The maximum atomic E-state index is 5.77. The van der Waals surface area contributed by atoms with Crippen molar-refractivity contribution in [2.45, 2.75) is 58.5 Å². The molecule has 3 heteroatoms. The van der Waals surface area contributed by atoms with Crippen molar-refractivity contribution in [3.63, 3.8) is 0 Å². The van der Waals surface area contributed by atoms with Crippen molar-refractivity contribution in [2.24, 2.45) is 5.73 Å². The molecule has 1 unspecified atom stereocenters. The van der Waals surface area contributed by atoms with Crippen molar-refractivity contribution >= 4 is 5.82 Å². The highest BCUT2D eigenvalue weighted by Gasteiger charge is 2.21. The molecule has 2 N–H and O–H groups in total. The molecule has 0 spiro atoms. The minimum absolute atomic E-state index is 0.598. The number of nitrogens with zero attached hydrogens (tertiary/aromatic N) is 2. The fourth-order valence-corrected chi connectivity index (χ4v) is 2.89. The monoisotopic (exact) mass is 247 g/mol. The molecule has 2 heterocycles. The van der Waals surface area contributed by atoms with E-state index in [1.165, 1.54) is 37.7 Å². The van der Waals surface area contributed by atoms with E-state index in [0.29, 0.717) is 12.6 Å². The first-order valence-corrected chi connectivity index (χ1v) is 7.19. The summed E-state index contributed by atoms with van der Waals surface area (Å²) < 4.78 is 0. The Balaban J connectivity index is 2.29. The summed E-state index contributed by atoms with van der Waals surface area (Å²) in [6.07, 6.45) is 6.48. The molecule has 1 aliphatic heterocycles. The van der Waals surface area contributed by atoms with Gasteiger partial charge >= 0.3 is 0 Å². The lowest BCUT2D eigenvalue weighted by Gasteiger charge is -2.31. The van der Waals surface area contributed by atoms with Crippen molar-refractivity contribution in [2.75, 3.05) is 11.4 Å². The molecule has 1 aromatic rings. The van der Waals surface area contributed by atoms with E-state index in [0.717, 1.165) is 18.1 Å². The Morgan fingerprint density at radius 2 is 2.17 bits per heavy atom. The van der Waals surface area contributed by atoms with Gasteiger partial charge in [0.25, 0.3) is 0 Å². The molecule has 1 aromatic heterocycles. The summed E-state index contributed by atoms with van der Waals surface area (Å²) in [5, 5.41) is 0. The smallest absolute Gasteiger partial charge is 0.129 e. The number of hydrogen-bond donors (Lipinski definition) is 1. The lowest BCUT2D eigenvalue weighted by atomic mass is 10.1.